The molecule has 2 amide bonds. The van der Waals surface area contributed by atoms with Crippen LogP contribution in [0.3, 0.4) is 0 Å². The Bertz CT molecular complexity index is 494. The van der Waals surface area contributed by atoms with Gasteiger partial charge in [-0.3, -0.25) is 14.9 Å². The molecule has 8 nitrogen and oxygen atoms in total. The Morgan fingerprint density at radius 3 is 2.39 bits per heavy atom. The van der Waals surface area contributed by atoms with Crippen LogP contribution >= 0.6 is 0 Å². The van der Waals surface area contributed by atoms with Crippen LogP contribution in [-0.4, -0.2) is 40.7 Å². The zero-order valence-corrected chi connectivity index (χ0v) is 13.9. The zero-order chi connectivity index (χ0) is 17.3. The molecule has 0 aromatic heterocycles. The van der Waals surface area contributed by atoms with Crippen LogP contribution in [-0.2, 0) is 9.53 Å². The minimum Gasteiger partial charge on any atom is -0.444 e. The van der Waals surface area contributed by atoms with E-state index in [4.69, 9.17) is 4.74 Å². The average molecular weight is 327 g/mol. The van der Waals surface area contributed by atoms with Gasteiger partial charge in [-0.15, -0.1) is 0 Å². The molecule has 0 heterocycles. The summed E-state index contributed by atoms with van der Waals surface area (Å²) < 4.78 is 5.20. The Labute approximate surface area is 135 Å². The van der Waals surface area contributed by atoms with Crippen LogP contribution in [0.4, 0.5) is 4.79 Å². The minimum atomic E-state index is -0.757. The van der Waals surface area contributed by atoms with Gasteiger partial charge in [0, 0.05) is 17.9 Å². The van der Waals surface area contributed by atoms with Gasteiger partial charge in [0.25, 0.3) is 0 Å². The molecule has 0 aromatic rings. The molecule has 2 fully saturated rings. The summed E-state index contributed by atoms with van der Waals surface area (Å²) in [4.78, 5) is 34.3. The van der Waals surface area contributed by atoms with Crippen molar-refractivity contribution in [2.75, 3.05) is 6.54 Å². The van der Waals surface area contributed by atoms with Gasteiger partial charge in [0.2, 0.25) is 11.9 Å². The molecule has 8 heteroatoms. The summed E-state index contributed by atoms with van der Waals surface area (Å²) in [5, 5.41) is 16.3. The number of amides is 2. The number of hydrogen-bond acceptors (Lipinski definition) is 5. The largest absolute Gasteiger partial charge is 0.444 e. The molecule has 0 saturated heterocycles. The van der Waals surface area contributed by atoms with Crippen LogP contribution in [0.5, 0.6) is 0 Å². The molecule has 2 saturated carbocycles. The predicted octanol–water partition coefficient (Wildman–Crippen LogP) is 1.61. The first kappa shape index (κ1) is 17.5. The van der Waals surface area contributed by atoms with Crippen LogP contribution in [0.1, 0.15) is 52.9 Å². The van der Waals surface area contributed by atoms with E-state index in [1.54, 1.807) is 20.8 Å². The highest BCUT2D eigenvalue weighted by molar-refractivity contribution is 5.83. The molecule has 2 rings (SSSR count). The van der Waals surface area contributed by atoms with E-state index in [-0.39, 0.29) is 12.5 Å². The third-order valence-electron chi connectivity index (χ3n) is 4.28. The maximum atomic E-state index is 12.2. The second-order valence-corrected chi connectivity index (χ2v) is 7.53. The number of carbonyl (C=O) groups excluding carboxylic acids is 2. The second kappa shape index (κ2) is 6.33. The third kappa shape index (κ3) is 4.80. The molecule has 0 spiro atoms. The highest BCUT2D eigenvalue weighted by Crippen LogP contribution is 2.36. The summed E-state index contributed by atoms with van der Waals surface area (Å²) in [6.45, 7) is 5.63. The van der Waals surface area contributed by atoms with Crippen molar-refractivity contribution in [1.82, 2.24) is 10.6 Å². The van der Waals surface area contributed by atoms with E-state index >= 15 is 0 Å². The lowest BCUT2D eigenvalue weighted by Crippen LogP contribution is -2.55. The summed E-state index contributed by atoms with van der Waals surface area (Å²) >= 11 is 0. The lowest BCUT2D eigenvalue weighted by Gasteiger charge is -2.31. The van der Waals surface area contributed by atoms with E-state index in [0.29, 0.717) is 6.42 Å². The average Bonchev–Trinajstić information content (AvgIpc) is 3.10. The molecule has 2 aliphatic rings. The van der Waals surface area contributed by atoms with Gasteiger partial charge in [0.05, 0.1) is 5.54 Å². The van der Waals surface area contributed by atoms with Gasteiger partial charge in [-0.2, -0.15) is 0 Å². The van der Waals surface area contributed by atoms with Gasteiger partial charge in [0.1, 0.15) is 11.5 Å². The summed E-state index contributed by atoms with van der Waals surface area (Å²) in [6, 6.07) is -0.757. The number of nitrogens with zero attached hydrogens (tertiary/aromatic N) is 1. The van der Waals surface area contributed by atoms with Gasteiger partial charge in [-0.25, -0.2) is 4.79 Å². The molecule has 2 aliphatic carbocycles. The standard InChI is InChI=1S/C15H25N3O5/c1-14(2,3)23-13(20)16-9-15(6-4-5-7-15)17-12(19)10-8-11(10)18(21)22/h10-11H,4-9H2,1-3H3,(H,16,20)(H,17,19)/t10-,11+/m0/s1. The fraction of sp³-hybridized carbons (Fsp3) is 0.867. The van der Waals surface area contributed by atoms with E-state index in [9.17, 15) is 19.7 Å². The molecule has 130 valence electrons. The number of nitrogens with one attached hydrogen (secondary N) is 2. The summed E-state index contributed by atoms with van der Waals surface area (Å²) in [7, 11) is 0. The van der Waals surface area contributed by atoms with Crippen molar-refractivity contribution in [2.24, 2.45) is 5.92 Å². The van der Waals surface area contributed by atoms with E-state index in [1.807, 2.05) is 0 Å². The lowest BCUT2D eigenvalue weighted by atomic mass is 9.97. The summed E-state index contributed by atoms with van der Waals surface area (Å²) in [5.74, 6) is -0.816. The molecule has 0 aromatic carbocycles. The number of ether oxygens (including phenoxy) is 1. The van der Waals surface area contributed by atoms with Crippen molar-refractivity contribution in [1.29, 1.82) is 0 Å². The van der Waals surface area contributed by atoms with E-state index in [0.717, 1.165) is 25.7 Å². The van der Waals surface area contributed by atoms with Gasteiger partial charge in [-0.1, -0.05) is 12.8 Å². The van der Waals surface area contributed by atoms with Gasteiger partial charge in [0.15, 0.2) is 0 Å². The van der Waals surface area contributed by atoms with Crippen LogP contribution < -0.4 is 10.6 Å². The molecule has 0 aliphatic heterocycles. The maximum absolute atomic E-state index is 12.2. The number of rotatable bonds is 5. The molecule has 0 radical (unpaired) electrons. The third-order valence-corrected chi connectivity index (χ3v) is 4.28. The second-order valence-electron chi connectivity index (χ2n) is 7.53. The van der Waals surface area contributed by atoms with Gasteiger partial charge in [-0.05, 0) is 33.6 Å². The molecule has 23 heavy (non-hydrogen) atoms. The Kier molecular flexibility index (Phi) is 4.81. The van der Waals surface area contributed by atoms with Crippen molar-refractivity contribution in [2.45, 2.75) is 70.1 Å². The van der Waals surface area contributed by atoms with Gasteiger partial charge >= 0.3 is 6.09 Å². The fourth-order valence-electron chi connectivity index (χ4n) is 3.00. The molecule has 0 unspecified atom stereocenters. The Balaban J connectivity index is 1.88. The number of carbonyl (C=O) groups is 2. The fourth-order valence-corrected chi connectivity index (χ4v) is 3.00. The highest BCUT2D eigenvalue weighted by Gasteiger charge is 2.54. The predicted molar refractivity (Wildman–Crippen MR) is 82.5 cm³/mol. The Morgan fingerprint density at radius 2 is 1.91 bits per heavy atom. The SMILES string of the molecule is CC(C)(C)OC(=O)NCC1(NC(=O)[C@H]2C[C@H]2[N+](=O)[O-])CCCC1. The Hall–Kier alpha value is -1.86. The molecule has 2 atom stereocenters. The summed E-state index contributed by atoms with van der Waals surface area (Å²) in [6.07, 6.45) is 3.20. The van der Waals surface area contributed by atoms with Crippen molar-refractivity contribution in [3.05, 3.63) is 10.1 Å². The molecular formula is C15H25N3O5. The van der Waals surface area contributed by atoms with Crippen LogP contribution in [0, 0.1) is 16.0 Å². The smallest absolute Gasteiger partial charge is 0.407 e. The highest BCUT2D eigenvalue weighted by atomic mass is 16.6. The Morgan fingerprint density at radius 1 is 1.30 bits per heavy atom. The first-order valence-corrected chi connectivity index (χ1v) is 8.04. The van der Waals surface area contributed by atoms with Crippen molar-refractivity contribution in [3.63, 3.8) is 0 Å². The number of alkyl carbamates (subject to hydrolysis) is 1. The van der Waals surface area contributed by atoms with E-state index in [2.05, 4.69) is 10.6 Å². The lowest BCUT2D eigenvalue weighted by molar-refractivity contribution is -0.497. The number of hydrogen-bond donors (Lipinski definition) is 2. The van der Waals surface area contributed by atoms with Crippen LogP contribution in [0.15, 0.2) is 0 Å². The first-order chi connectivity index (χ1) is 10.6. The minimum absolute atomic E-state index is 0.278. The van der Waals surface area contributed by atoms with Gasteiger partial charge < -0.3 is 15.4 Å². The van der Waals surface area contributed by atoms with Crippen LogP contribution in [0.25, 0.3) is 0 Å². The van der Waals surface area contributed by atoms with Crippen LogP contribution in [0.2, 0.25) is 0 Å². The molecular weight excluding hydrogens is 302 g/mol. The summed E-state index contributed by atoms with van der Waals surface area (Å²) in [5.41, 5.74) is -1.10. The zero-order valence-electron chi connectivity index (χ0n) is 13.9. The molecule has 0 bridgehead atoms. The van der Waals surface area contributed by atoms with Crippen molar-refractivity contribution < 1.29 is 19.2 Å². The molecule has 2 N–H and O–H groups in total. The van der Waals surface area contributed by atoms with Crippen molar-refractivity contribution >= 4 is 12.0 Å². The number of nitro groups is 1. The maximum Gasteiger partial charge on any atom is 0.407 e. The topological polar surface area (TPSA) is 111 Å². The first-order valence-electron chi connectivity index (χ1n) is 8.04. The van der Waals surface area contributed by atoms with Crippen molar-refractivity contribution in [3.8, 4) is 0 Å². The van der Waals surface area contributed by atoms with E-state index < -0.39 is 34.1 Å². The van der Waals surface area contributed by atoms with E-state index in [1.165, 1.54) is 0 Å². The quantitative estimate of drug-likeness (QED) is 0.588. The normalized spacial score (nSPS) is 25.5. The monoisotopic (exact) mass is 327 g/mol.